The average molecular weight is 351 g/mol. The molecule has 1 saturated heterocycles. The van der Waals surface area contributed by atoms with Crippen molar-refractivity contribution >= 4 is 34.2 Å². The van der Waals surface area contributed by atoms with Crippen molar-refractivity contribution in [1.82, 2.24) is 4.31 Å². The summed E-state index contributed by atoms with van der Waals surface area (Å²) < 4.78 is 27.0. The van der Waals surface area contributed by atoms with Gasteiger partial charge in [-0.2, -0.15) is 4.31 Å². The molecule has 4 nitrogen and oxygen atoms in total. The molecule has 1 fully saturated rings. The molecule has 120 valence electrons. The largest absolute Gasteiger partial charge is 0.328 e. The van der Waals surface area contributed by atoms with E-state index in [4.69, 9.17) is 5.73 Å². The smallest absolute Gasteiger partial charge is 0.244 e. The summed E-state index contributed by atoms with van der Waals surface area (Å²) in [5.41, 5.74) is 5.91. The first-order valence-corrected chi connectivity index (χ1v) is 9.52. The highest BCUT2D eigenvalue weighted by molar-refractivity contribution is 7.99. The zero-order chi connectivity index (χ0) is 14.8. The summed E-state index contributed by atoms with van der Waals surface area (Å²) in [5.74, 6) is 0.428. The van der Waals surface area contributed by atoms with Crippen LogP contribution in [-0.4, -0.2) is 38.1 Å². The zero-order valence-corrected chi connectivity index (χ0v) is 14.8. The molecule has 0 saturated carbocycles. The summed E-state index contributed by atoms with van der Waals surface area (Å²) in [4.78, 5) is 1.23. The Bertz CT molecular complexity index is 556. The second-order valence-corrected chi connectivity index (χ2v) is 8.01. The molecular formula is C14H23ClN2O2S2. The molecule has 2 rings (SSSR count). The number of rotatable bonds is 4. The van der Waals surface area contributed by atoms with Gasteiger partial charge in [0.05, 0.1) is 4.90 Å². The number of hydrogen-bond acceptors (Lipinski definition) is 4. The number of benzene rings is 1. The lowest BCUT2D eigenvalue weighted by molar-refractivity contribution is 0.250. The molecule has 7 heteroatoms. The van der Waals surface area contributed by atoms with Gasteiger partial charge in [0.2, 0.25) is 10.0 Å². The van der Waals surface area contributed by atoms with Crippen molar-refractivity contribution < 1.29 is 8.42 Å². The molecular weight excluding hydrogens is 328 g/mol. The molecule has 2 N–H and O–H groups in total. The fraction of sp³-hybridized carbons (Fsp3) is 0.571. The second kappa shape index (κ2) is 7.83. The van der Waals surface area contributed by atoms with Gasteiger partial charge in [0, 0.05) is 24.0 Å². The Morgan fingerprint density at radius 2 is 1.86 bits per heavy atom. The molecule has 1 aromatic carbocycles. The molecule has 0 bridgehead atoms. The highest BCUT2D eigenvalue weighted by Gasteiger charge is 2.31. The van der Waals surface area contributed by atoms with Gasteiger partial charge >= 0.3 is 0 Å². The van der Waals surface area contributed by atoms with Gasteiger partial charge in [-0.3, -0.25) is 0 Å². The monoisotopic (exact) mass is 350 g/mol. The van der Waals surface area contributed by atoms with Crippen molar-refractivity contribution in [1.29, 1.82) is 0 Å². The van der Waals surface area contributed by atoms with Gasteiger partial charge in [-0.15, -0.1) is 24.2 Å². The fourth-order valence-electron chi connectivity index (χ4n) is 2.61. The van der Waals surface area contributed by atoms with Gasteiger partial charge in [0.15, 0.2) is 0 Å². The number of halogens is 1. The normalized spacial score (nSPS) is 19.0. The lowest BCUT2D eigenvalue weighted by Gasteiger charge is -2.33. The zero-order valence-electron chi connectivity index (χ0n) is 12.4. The van der Waals surface area contributed by atoms with E-state index in [0.29, 0.717) is 23.9 Å². The minimum atomic E-state index is -3.38. The van der Waals surface area contributed by atoms with Crippen LogP contribution in [-0.2, 0) is 10.0 Å². The van der Waals surface area contributed by atoms with Crippen LogP contribution in [0.1, 0.15) is 19.8 Å². The van der Waals surface area contributed by atoms with E-state index in [9.17, 15) is 8.42 Å². The number of nitrogens with two attached hydrogens (primary N) is 1. The summed E-state index contributed by atoms with van der Waals surface area (Å²) >= 11 is 1.47. The first kappa shape index (κ1) is 18.8. The summed E-state index contributed by atoms with van der Waals surface area (Å²) in [5, 5.41) is 0. The molecule has 1 aliphatic heterocycles. The van der Waals surface area contributed by atoms with Crippen LogP contribution in [0.25, 0.3) is 0 Å². The summed E-state index contributed by atoms with van der Waals surface area (Å²) in [7, 11) is -3.38. The van der Waals surface area contributed by atoms with E-state index in [-0.39, 0.29) is 18.4 Å². The van der Waals surface area contributed by atoms with Crippen LogP contribution >= 0.6 is 24.2 Å². The number of thioether (sulfide) groups is 1. The first-order chi connectivity index (χ1) is 9.46. The number of sulfonamides is 1. The van der Waals surface area contributed by atoms with Crippen LogP contribution in [0.2, 0.25) is 0 Å². The Kier molecular flexibility index (Phi) is 7.00. The Hall–Kier alpha value is -0.270. The molecule has 0 radical (unpaired) electrons. The molecule has 1 atom stereocenters. The highest BCUT2D eigenvalue weighted by Crippen LogP contribution is 2.30. The molecule has 0 spiro atoms. The van der Waals surface area contributed by atoms with Crippen LogP contribution in [0.5, 0.6) is 0 Å². The number of hydrogen-bond donors (Lipinski definition) is 1. The van der Waals surface area contributed by atoms with Crippen LogP contribution in [0, 0.1) is 5.92 Å². The quantitative estimate of drug-likeness (QED) is 0.848. The Morgan fingerprint density at radius 1 is 1.29 bits per heavy atom. The molecule has 1 aliphatic rings. The predicted molar refractivity (Wildman–Crippen MR) is 90.6 cm³/mol. The third kappa shape index (κ3) is 4.13. The maximum atomic E-state index is 12.7. The predicted octanol–water partition coefficient (Wildman–Crippen LogP) is 2.58. The van der Waals surface area contributed by atoms with E-state index in [1.165, 1.54) is 11.8 Å². The molecule has 1 heterocycles. The molecule has 1 unspecified atom stereocenters. The second-order valence-electron chi connectivity index (χ2n) is 5.25. The number of piperidine rings is 1. The molecule has 0 aliphatic carbocycles. The van der Waals surface area contributed by atoms with E-state index in [0.717, 1.165) is 17.7 Å². The minimum Gasteiger partial charge on any atom is -0.328 e. The van der Waals surface area contributed by atoms with Crippen molar-refractivity contribution in [3.8, 4) is 0 Å². The van der Waals surface area contributed by atoms with Crippen LogP contribution in [0.4, 0.5) is 0 Å². The highest BCUT2D eigenvalue weighted by atomic mass is 35.5. The minimum absolute atomic E-state index is 0. The molecule has 21 heavy (non-hydrogen) atoms. The standard InChI is InChI=1S/C14H22N2O2S2.ClH/c1-11(15)12-7-9-16(10-8-12)20(17,18)14-6-4-3-5-13(14)19-2;/h3-6,11-12H,7-10,15H2,1-2H3;1H. The first-order valence-electron chi connectivity index (χ1n) is 6.85. The third-order valence-corrected chi connectivity index (χ3v) is 6.81. The van der Waals surface area contributed by atoms with Crippen LogP contribution in [0.3, 0.4) is 0 Å². The summed E-state index contributed by atoms with van der Waals surface area (Å²) in [6.45, 7) is 3.13. The van der Waals surface area contributed by atoms with E-state index in [2.05, 4.69) is 0 Å². The van der Waals surface area contributed by atoms with Crippen molar-refractivity contribution in [2.45, 2.75) is 35.6 Å². The van der Waals surface area contributed by atoms with Crippen molar-refractivity contribution in [3.63, 3.8) is 0 Å². The van der Waals surface area contributed by atoms with Gasteiger partial charge < -0.3 is 5.73 Å². The summed E-state index contributed by atoms with van der Waals surface area (Å²) in [6.07, 6.45) is 3.59. The molecule has 0 aromatic heterocycles. The van der Waals surface area contributed by atoms with E-state index in [1.54, 1.807) is 16.4 Å². The van der Waals surface area contributed by atoms with Gasteiger partial charge in [-0.1, -0.05) is 12.1 Å². The van der Waals surface area contributed by atoms with Gasteiger partial charge in [-0.25, -0.2) is 8.42 Å². The number of nitrogens with zero attached hydrogens (tertiary/aromatic N) is 1. The van der Waals surface area contributed by atoms with E-state index >= 15 is 0 Å². The van der Waals surface area contributed by atoms with Crippen LogP contribution in [0.15, 0.2) is 34.1 Å². The molecule has 0 amide bonds. The lowest BCUT2D eigenvalue weighted by atomic mass is 9.92. The van der Waals surface area contributed by atoms with Gasteiger partial charge in [0.1, 0.15) is 0 Å². The maximum absolute atomic E-state index is 12.7. The maximum Gasteiger partial charge on any atom is 0.244 e. The Balaban J connectivity index is 0.00000220. The van der Waals surface area contributed by atoms with E-state index in [1.807, 2.05) is 25.3 Å². The van der Waals surface area contributed by atoms with Crippen molar-refractivity contribution in [2.75, 3.05) is 19.3 Å². The summed E-state index contributed by atoms with van der Waals surface area (Å²) in [6, 6.07) is 7.33. The van der Waals surface area contributed by atoms with E-state index < -0.39 is 10.0 Å². The Labute approximate surface area is 137 Å². The van der Waals surface area contributed by atoms with Crippen molar-refractivity contribution in [3.05, 3.63) is 24.3 Å². The average Bonchev–Trinajstić information content (AvgIpc) is 2.47. The van der Waals surface area contributed by atoms with Crippen LogP contribution < -0.4 is 5.73 Å². The fourth-order valence-corrected chi connectivity index (χ4v) is 5.21. The molecule has 1 aromatic rings. The third-order valence-electron chi connectivity index (χ3n) is 3.93. The SMILES string of the molecule is CSc1ccccc1S(=O)(=O)N1CCC(C(C)N)CC1.Cl. The lowest BCUT2D eigenvalue weighted by Crippen LogP contribution is -2.42. The van der Waals surface area contributed by atoms with Gasteiger partial charge in [-0.05, 0) is 44.1 Å². The van der Waals surface area contributed by atoms with Gasteiger partial charge in [0.25, 0.3) is 0 Å². The Morgan fingerprint density at radius 3 is 2.38 bits per heavy atom. The topological polar surface area (TPSA) is 63.4 Å². The van der Waals surface area contributed by atoms with Crippen molar-refractivity contribution in [2.24, 2.45) is 11.7 Å².